The molecular formula is C68H35N5O3. The SMILES string of the molecule is [2H]c1c([2H])c([2H])c(-c2c(-n3c4ccccc4c4ccc5oc6ccccc6c5c43)c(C#N)c([N+]#[C-])c(-n3c4ccccc4c4ccc5oc6ccccc6c5c43)c2-n2c3ccccc3c3ccc4oc5ccccc5c4c32)c([2H])c1[2H]. The van der Waals surface area contributed by atoms with Crippen molar-refractivity contribution in [3.63, 3.8) is 0 Å². The maximum absolute atomic E-state index is 12.4. The highest BCUT2D eigenvalue weighted by molar-refractivity contribution is 6.29. The third-order valence-corrected chi connectivity index (χ3v) is 15.6. The molecule has 6 aromatic heterocycles. The van der Waals surface area contributed by atoms with Gasteiger partial charge in [-0.15, -0.1) is 0 Å². The second-order valence-corrected chi connectivity index (χ2v) is 19.2. The zero-order valence-corrected chi connectivity index (χ0v) is 39.8. The number of fused-ring (bicyclic) bond motifs is 21. The summed E-state index contributed by atoms with van der Waals surface area (Å²) in [6.45, 7) is 9.73. The van der Waals surface area contributed by atoms with E-state index in [9.17, 15) is 17.3 Å². The fourth-order valence-corrected chi connectivity index (χ4v) is 12.7. The number of hydrogen-bond acceptors (Lipinski definition) is 4. The van der Waals surface area contributed by atoms with Gasteiger partial charge in [-0.05, 0) is 78.4 Å². The van der Waals surface area contributed by atoms with E-state index in [0.29, 0.717) is 66.6 Å². The maximum Gasteiger partial charge on any atom is 0.232 e. The molecule has 0 fully saturated rings. The van der Waals surface area contributed by atoms with Crippen molar-refractivity contribution < 1.29 is 20.1 Å². The molecule has 0 unspecified atom stereocenters. The lowest BCUT2D eigenvalue weighted by Crippen LogP contribution is -2.12. The van der Waals surface area contributed by atoms with Crippen LogP contribution in [0.5, 0.6) is 0 Å². The van der Waals surface area contributed by atoms with Gasteiger partial charge in [-0.3, -0.25) is 0 Å². The average molecular weight is 975 g/mol. The topological polar surface area (TPSA) is 82.4 Å². The standard InChI is InChI=1S/C68H35N5O3/c1-70-62-48(37-69)66(71-49-25-11-5-19-39(49)42-31-34-55-59(63(42)71)45-22-8-14-28-52(45)74-55)58(38-17-3-2-4-18-38)67(72-50-26-12-6-20-40(50)43-32-35-56-60(64(43)72)46-23-9-15-29-53(46)75-56)68(62)73-51-27-13-7-21-41(51)44-33-36-57-61(65(44)73)47-24-10-16-30-54(47)76-57/h2-36H/i2D,3D,4D,17D,18D. The molecule has 0 N–H and O–H groups in total. The third-order valence-electron chi connectivity index (χ3n) is 15.6. The van der Waals surface area contributed by atoms with Crippen LogP contribution in [-0.4, -0.2) is 13.7 Å². The van der Waals surface area contributed by atoms with Gasteiger partial charge in [0, 0.05) is 54.0 Å². The van der Waals surface area contributed by atoms with E-state index in [1.165, 1.54) is 0 Å². The van der Waals surface area contributed by atoms with Crippen LogP contribution < -0.4 is 0 Å². The Morgan fingerprint density at radius 2 is 0.763 bits per heavy atom. The molecule has 11 aromatic carbocycles. The first-order valence-corrected chi connectivity index (χ1v) is 24.9. The van der Waals surface area contributed by atoms with Crippen LogP contribution in [0.3, 0.4) is 0 Å². The first-order valence-electron chi connectivity index (χ1n) is 27.4. The van der Waals surface area contributed by atoms with Gasteiger partial charge in [0.1, 0.15) is 33.5 Å². The highest BCUT2D eigenvalue weighted by Crippen LogP contribution is 2.54. The van der Waals surface area contributed by atoms with E-state index in [4.69, 9.17) is 14.6 Å². The Morgan fingerprint density at radius 1 is 0.395 bits per heavy atom. The molecule has 0 saturated heterocycles. The predicted molar refractivity (Wildman–Crippen MR) is 308 cm³/mol. The summed E-state index contributed by atoms with van der Waals surface area (Å²) in [6.07, 6.45) is 0. The van der Waals surface area contributed by atoms with Crippen molar-refractivity contribution in [2.75, 3.05) is 0 Å². The summed E-state index contributed by atoms with van der Waals surface area (Å²) in [5, 5.41) is 22.1. The Balaban J connectivity index is 1.25. The van der Waals surface area contributed by atoms with E-state index in [2.05, 4.69) is 15.5 Å². The normalized spacial score (nSPS) is 13.1. The smallest absolute Gasteiger partial charge is 0.232 e. The van der Waals surface area contributed by atoms with Crippen LogP contribution in [0.15, 0.2) is 225 Å². The van der Waals surface area contributed by atoms with E-state index >= 15 is 0 Å². The molecule has 0 atom stereocenters. The molecule has 0 bridgehead atoms. The quantitative estimate of drug-likeness (QED) is 0.165. The van der Waals surface area contributed by atoms with E-state index in [1.807, 2.05) is 191 Å². The summed E-state index contributed by atoms with van der Waals surface area (Å²) in [4.78, 5) is 4.56. The van der Waals surface area contributed by atoms with Crippen molar-refractivity contribution >= 4 is 137 Å². The van der Waals surface area contributed by atoms with E-state index < -0.39 is 30.2 Å². The van der Waals surface area contributed by atoms with Crippen LogP contribution in [0, 0.1) is 17.9 Å². The van der Waals surface area contributed by atoms with Gasteiger partial charge in [0.2, 0.25) is 5.69 Å². The number of furan rings is 3. The van der Waals surface area contributed by atoms with Crippen molar-refractivity contribution in [2.24, 2.45) is 0 Å². The van der Waals surface area contributed by atoms with Crippen LogP contribution in [0.2, 0.25) is 0 Å². The van der Waals surface area contributed by atoms with Gasteiger partial charge in [0.05, 0.1) is 91.4 Å². The molecule has 350 valence electrons. The maximum atomic E-state index is 12.4. The van der Waals surface area contributed by atoms with Gasteiger partial charge in [0.25, 0.3) is 0 Å². The number of rotatable bonds is 4. The van der Waals surface area contributed by atoms with Crippen molar-refractivity contribution in [3.8, 4) is 34.3 Å². The number of benzene rings is 11. The molecule has 0 aliphatic heterocycles. The predicted octanol–water partition coefficient (Wildman–Crippen LogP) is 18.8. The number of nitrogens with zero attached hydrogens (tertiary/aromatic N) is 5. The monoisotopic (exact) mass is 974 g/mol. The number of hydrogen-bond donors (Lipinski definition) is 0. The van der Waals surface area contributed by atoms with Gasteiger partial charge in [-0.2, -0.15) is 5.26 Å². The molecular weight excluding hydrogens is 935 g/mol. The Labute approximate surface area is 437 Å². The molecule has 0 aliphatic carbocycles. The minimum atomic E-state index is -0.584. The molecule has 6 heterocycles. The van der Waals surface area contributed by atoms with E-state index in [-0.39, 0.29) is 39.4 Å². The lowest BCUT2D eigenvalue weighted by Gasteiger charge is -2.27. The van der Waals surface area contributed by atoms with E-state index in [1.54, 1.807) is 0 Å². The minimum absolute atomic E-state index is 0.0450. The molecule has 0 aliphatic rings. The minimum Gasteiger partial charge on any atom is -0.456 e. The Morgan fingerprint density at radius 3 is 1.17 bits per heavy atom. The van der Waals surface area contributed by atoms with Crippen LogP contribution in [0.4, 0.5) is 5.69 Å². The molecule has 0 saturated carbocycles. The molecule has 0 spiro atoms. The summed E-state index contributed by atoms with van der Waals surface area (Å²) in [6, 6.07) is 58.9. The molecule has 0 radical (unpaired) electrons. The summed E-state index contributed by atoms with van der Waals surface area (Å²) in [5.41, 5.74) is 8.10. The lowest BCUT2D eigenvalue weighted by molar-refractivity contribution is 0.669. The fraction of sp³-hybridized carbons (Fsp3) is 0. The van der Waals surface area contributed by atoms with Crippen LogP contribution in [0.1, 0.15) is 12.4 Å². The summed E-state index contributed by atoms with van der Waals surface area (Å²) < 4.78 is 74.7. The number of aromatic nitrogens is 3. The summed E-state index contributed by atoms with van der Waals surface area (Å²) >= 11 is 0. The number of nitriles is 1. The molecule has 0 amide bonds. The van der Waals surface area contributed by atoms with Crippen LogP contribution >= 0.6 is 0 Å². The van der Waals surface area contributed by atoms with Crippen molar-refractivity contribution in [1.29, 1.82) is 5.26 Å². The zero-order chi connectivity index (χ0) is 54.3. The first kappa shape index (κ1) is 36.2. The van der Waals surface area contributed by atoms with Gasteiger partial charge in [-0.1, -0.05) is 139 Å². The zero-order valence-electron chi connectivity index (χ0n) is 44.8. The second-order valence-electron chi connectivity index (χ2n) is 19.2. The van der Waals surface area contributed by atoms with Crippen molar-refractivity contribution in [3.05, 3.63) is 229 Å². The van der Waals surface area contributed by atoms with E-state index in [0.717, 1.165) is 64.6 Å². The highest BCUT2D eigenvalue weighted by Gasteiger charge is 2.35. The number of para-hydroxylation sites is 6. The largest absolute Gasteiger partial charge is 0.456 e. The molecule has 76 heavy (non-hydrogen) atoms. The van der Waals surface area contributed by atoms with Crippen LogP contribution in [0.25, 0.3) is 164 Å². The molecule has 8 nitrogen and oxygen atoms in total. The van der Waals surface area contributed by atoms with Gasteiger partial charge in [-0.25, -0.2) is 4.85 Å². The van der Waals surface area contributed by atoms with Crippen molar-refractivity contribution in [1.82, 2.24) is 13.7 Å². The lowest BCUT2D eigenvalue weighted by atomic mass is 9.93. The molecule has 8 heteroatoms. The van der Waals surface area contributed by atoms with Gasteiger partial charge in [0.15, 0.2) is 0 Å². The molecule has 17 rings (SSSR count). The highest BCUT2D eigenvalue weighted by atomic mass is 16.3. The summed E-state index contributed by atoms with van der Waals surface area (Å²) in [5.74, 6) is 0. The third kappa shape index (κ3) is 5.14. The van der Waals surface area contributed by atoms with Gasteiger partial charge < -0.3 is 27.0 Å². The van der Waals surface area contributed by atoms with Crippen LogP contribution in [-0.2, 0) is 0 Å². The summed E-state index contributed by atoms with van der Waals surface area (Å²) in [7, 11) is 0. The Hall–Kier alpha value is -10.8. The fourth-order valence-electron chi connectivity index (χ4n) is 12.7. The van der Waals surface area contributed by atoms with Gasteiger partial charge >= 0.3 is 0 Å². The average Bonchev–Trinajstić information content (AvgIpc) is 2.95. The van der Waals surface area contributed by atoms with Crippen molar-refractivity contribution in [2.45, 2.75) is 0 Å². The second kappa shape index (κ2) is 14.9. The Bertz CT molecular complexity index is 5810. The first-order chi connectivity index (χ1) is 39.7. The molecule has 17 aromatic rings. The Kier molecular flexibility index (Phi) is 7.09.